The highest BCUT2D eigenvalue weighted by atomic mass is 19.4. The number of methoxy groups -OCH3 is 1. The molecule has 1 fully saturated rings. The predicted octanol–water partition coefficient (Wildman–Crippen LogP) is 3.92. The summed E-state index contributed by atoms with van der Waals surface area (Å²) in [5, 5.41) is 3.01. The molecule has 2 unspecified atom stereocenters. The maximum absolute atomic E-state index is 12.7. The van der Waals surface area contributed by atoms with Crippen molar-refractivity contribution < 1.29 is 17.9 Å². The molecule has 20 heavy (non-hydrogen) atoms. The van der Waals surface area contributed by atoms with Crippen molar-refractivity contribution in [1.29, 1.82) is 0 Å². The van der Waals surface area contributed by atoms with Crippen molar-refractivity contribution in [3.63, 3.8) is 0 Å². The predicted molar refractivity (Wildman–Crippen MR) is 72.0 cm³/mol. The highest BCUT2D eigenvalue weighted by Gasteiger charge is 2.41. The molecular weight excluding hydrogens is 267 g/mol. The van der Waals surface area contributed by atoms with Crippen LogP contribution in [0.2, 0.25) is 0 Å². The Balaban J connectivity index is 2.17. The van der Waals surface area contributed by atoms with Gasteiger partial charge in [-0.3, -0.25) is 0 Å². The zero-order valence-electron chi connectivity index (χ0n) is 12.0. The average Bonchev–Trinajstić information content (AvgIpc) is 2.41. The number of aryl methyl sites for hydroxylation is 1. The van der Waals surface area contributed by atoms with Gasteiger partial charge in [-0.2, -0.15) is 13.2 Å². The Labute approximate surface area is 117 Å². The Morgan fingerprint density at radius 2 is 1.90 bits per heavy atom. The number of benzene rings is 1. The summed E-state index contributed by atoms with van der Waals surface area (Å²) in [4.78, 5) is 0. The van der Waals surface area contributed by atoms with Gasteiger partial charge in [0, 0.05) is 18.2 Å². The first-order valence-corrected chi connectivity index (χ1v) is 6.78. The largest absolute Gasteiger partial charge is 0.496 e. The van der Waals surface area contributed by atoms with Crippen LogP contribution >= 0.6 is 0 Å². The fraction of sp³-hybridized carbons (Fsp3) is 0.600. The van der Waals surface area contributed by atoms with Crippen LogP contribution in [0.5, 0.6) is 5.75 Å². The normalized spacial score (nSPS) is 23.7. The quantitative estimate of drug-likeness (QED) is 0.890. The lowest BCUT2D eigenvalue weighted by molar-refractivity contribution is -0.179. The minimum atomic E-state index is -4.11. The molecule has 0 spiro atoms. The molecule has 1 aromatic carbocycles. The maximum atomic E-state index is 12.7. The molecule has 1 N–H and O–H groups in total. The van der Waals surface area contributed by atoms with Gasteiger partial charge in [-0.15, -0.1) is 0 Å². The van der Waals surface area contributed by atoms with Crippen LogP contribution in [0.15, 0.2) is 12.1 Å². The summed E-state index contributed by atoms with van der Waals surface area (Å²) < 4.78 is 43.4. The van der Waals surface area contributed by atoms with Gasteiger partial charge in [0.15, 0.2) is 0 Å². The fourth-order valence-electron chi connectivity index (χ4n) is 2.76. The Bertz CT molecular complexity index is 477. The third-order valence-corrected chi connectivity index (χ3v) is 4.16. The van der Waals surface area contributed by atoms with Crippen LogP contribution in [0.1, 0.15) is 35.6 Å². The molecule has 2 atom stereocenters. The van der Waals surface area contributed by atoms with Crippen molar-refractivity contribution in [2.24, 2.45) is 5.92 Å². The Kier molecular flexibility index (Phi) is 4.28. The molecule has 0 radical (unpaired) electrons. The number of hydrogen-bond acceptors (Lipinski definition) is 2. The Morgan fingerprint density at radius 1 is 1.20 bits per heavy atom. The van der Waals surface area contributed by atoms with Crippen LogP contribution in [0, 0.1) is 19.8 Å². The Morgan fingerprint density at radius 3 is 2.40 bits per heavy atom. The molecule has 0 aliphatic carbocycles. The third kappa shape index (κ3) is 2.92. The van der Waals surface area contributed by atoms with E-state index < -0.39 is 12.1 Å². The molecule has 1 saturated heterocycles. The number of alkyl halides is 3. The molecule has 1 aromatic rings. The van der Waals surface area contributed by atoms with Crippen molar-refractivity contribution in [2.45, 2.75) is 38.9 Å². The second kappa shape index (κ2) is 5.64. The van der Waals surface area contributed by atoms with Crippen LogP contribution < -0.4 is 10.1 Å². The first kappa shape index (κ1) is 15.2. The number of nitrogens with one attached hydrogen (secondary N) is 1. The Hall–Kier alpha value is -1.23. The van der Waals surface area contributed by atoms with Crippen LogP contribution in [0.25, 0.3) is 0 Å². The molecule has 0 aromatic heterocycles. The zero-order chi connectivity index (χ0) is 14.9. The summed E-state index contributed by atoms with van der Waals surface area (Å²) in [6.07, 6.45) is -3.47. The van der Waals surface area contributed by atoms with E-state index >= 15 is 0 Å². The van der Waals surface area contributed by atoms with Crippen LogP contribution in [0.3, 0.4) is 0 Å². The average molecular weight is 287 g/mol. The van der Waals surface area contributed by atoms with Gasteiger partial charge < -0.3 is 10.1 Å². The van der Waals surface area contributed by atoms with Gasteiger partial charge in [0.25, 0.3) is 0 Å². The number of hydrogen-bond donors (Lipinski definition) is 1. The van der Waals surface area contributed by atoms with E-state index in [0.717, 1.165) is 22.4 Å². The standard InChI is InChI=1S/C15H20F3NO/c1-9-4-6-12(14(20-3)10(9)2)13-7-5-11(8-19-13)15(16,17)18/h4,6,11,13,19H,5,7-8H2,1-3H3. The summed E-state index contributed by atoms with van der Waals surface area (Å²) in [6, 6.07) is 3.88. The second-order valence-corrected chi connectivity index (χ2v) is 5.41. The molecule has 1 heterocycles. The molecule has 5 heteroatoms. The van der Waals surface area contributed by atoms with E-state index in [4.69, 9.17) is 4.74 Å². The second-order valence-electron chi connectivity index (χ2n) is 5.41. The minimum Gasteiger partial charge on any atom is -0.496 e. The molecule has 0 bridgehead atoms. The van der Waals surface area contributed by atoms with Crippen molar-refractivity contribution >= 4 is 0 Å². The van der Waals surface area contributed by atoms with Crippen molar-refractivity contribution in [2.75, 3.05) is 13.7 Å². The number of piperidine rings is 1. The maximum Gasteiger partial charge on any atom is 0.393 e. The van der Waals surface area contributed by atoms with Gasteiger partial charge in [-0.1, -0.05) is 12.1 Å². The van der Waals surface area contributed by atoms with Crippen LogP contribution in [0.4, 0.5) is 13.2 Å². The highest BCUT2D eigenvalue weighted by molar-refractivity contribution is 5.46. The molecule has 1 aliphatic heterocycles. The van der Waals surface area contributed by atoms with Crippen LogP contribution in [-0.2, 0) is 0 Å². The van der Waals surface area contributed by atoms with Crippen molar-refractivity contribution in [1.82, 2.24) is 5.32 Å². The molecule has 2 nitrogen and oxygen atoms in total. The summed E-state index contributed by atoms with van der Waals surface area (Å²) in [5.41, 5.74) is 3.12. The van der Waals surface area contributed by atoms with E-state index in [0.29, 0.717) is 6.42 Å². The first-order chi connectivity index (χ1) is 9.34. The molecule has 112 valence electrons. The van der Waals surface area contributed by atoms with E-state index in [2.05, 4.69) is 5.32 Å². The number of ether oxygens (including phenoxy) is 1. The van der Waals surface area contributed by atoms with E-state index in [1.807, 2.05) is 26.0 Å². The highest BCUT2D eigenvalue weighted by Crippen LogP contribution is 2.39. The number of halogens is 3. The minimum absolute atomic E-state index is 0.0236. The molecule has 0 amide bonds. The fourth-order valence-corrected chi connectivity index (χ4v) is 2.76. The lowest BCUT2D eigenvalue weighted by Crippen LogP contribution is -2.40. The van der Waals surface area contributed by atoms with Crippen molar-refractivity contribution in [3.8, 4) is 5.75 Å². The van der Waals surface area contributed by atoms with E-state index in [-0.39, 0.29) is 19.0 Å². The van der Waals surface area contributed by atoms with Crippen LogP contribution in [-0.4, -0.2) is 19.8 Å². The first-order valence-electron chi connectivity index (χ1n) is 6.78. The summed E-state index contributed by atoms with van der Waals surface area (Å²) in [6.45, 7) is 3.94. The monoisotopic (exact) mass is 287 g/mol. The lowest BCUT2D eigenvalue weighted by Gasteiger charge is -2.32. The SMILES string of the molecule is COc1c(C2CCC(C(F)(F)F)CN2)ccc(C)c1C. The molecular formula is C15H20F3NO. The zero-order valence-corrected chi connectivity index (χ0v) is 12.0. The smallest absolute Gasteiger partial charge is 0.393 e. The summed E-state index contributed by atoms with van der Waals surface area (Å²) >= 11 is 0. The van der Waals surface area contributed by atoms with Crippen molar-refractivity contribution in [3.05, 3.63) is 28.8 Å². The lowest BCUT2D eigenvalue weighted by atomic mass is 9.89. The van der Waals surface area contributed by atoms with Gasteiger partial charge in [0.05, 0.1) is 13.0 Å². The number of rotatable bonds is 2. The van der Waals surface area contributed by atoms with Gasteiger partial charge in [-0.25, -0.2) is 0 Å². The summed E-state index contributed by atoms with van der Waals surface area (Å²) in [7, 11) is 1.60. The van der Waals surface area contributed by atoms with Gasteiger partial charge in [-0.05, 0) is 37.8 Å². The van der Waals surface area contributed by atoms with E-state index in [9.17, 15) is 13.2 Å². The van der Waals surface area contributed by atoms with E-state index in [1.54, 1.807) is 7.11 Å². The third-order valence-electron chi connectivity index (χ3n) is 4.16. The van der Waals surface area contributed by atoms with Gasteiger partial charge >= 0.3 is 6.18 Å². The summed E-state index contributed by atoms with van der Waals surface area (Å²) in [5.74, 6) is -0.454. The van der Waals surface area contributed by atoms with E-state index in [1.165, 1.54) is 0 Å². The molecule has 0 saturated carbocycles. The van der Waals surface area contributed by atoms with Gasteiger partial charge in [0.2, 0.25) is 0 Å². The molecule has 1 aliphatic rings. The topological polar surface area (TPSA) is 21.3 Å². The van der Waals surface area contributed by atoms with Gasteiger partial charge in [0.1, 0.15) is 5.75 Å². The molecule has 2 rings (SSSR count).